The van der Waals surface area contributed by atoms with E-state index in [0.717, 1.165) is 50.0 Å². The highest BCUT2D eigenvalue weighted by molar-refractivity contribution is 5.87. The van der Waals surface area contributed by atoms with Crippen molar-refractivity contribution in [2.45, 2.75) is 71.6 Å². The average Bonchev–Trinajstić information content (AvgIpc) is 2.92. The standard InChI is InChI=1S/C33H44O6/c1-25(2)31(34)38-23-11-7-9-21-36-29-17-13-27(14-18-29)33(5,6)28-15-19-30(20-16-28)37-22-10-8-12-24-39-32(35)26(3)4/h13-20H,1,3,7-12,21-24H2,2,4-6H3. The van der Waals surface area contributed by atoms with Gasteiger partial charge in [0.2, 0.25) is 0 Å². The zero-order chi connectivity index (χ0) is 28.7. The van der Waals surface area contributed by atoms with Crippen molar-refractivity contribution in [3.8, 4) is 11.5 Å². The van der Waals surface area contributed by atoms with Gasteiger partial charge in [0.05, 0.1) is 26.4 Å². The van der Waals surface area contributed by atoms with E-state index in [1.807, 2.05) is 24.3 Å². The lowest BCUT2D eigenvalue weighted by Gasteiger charge is -2.26. The fourth-order valence-corrected chi connectivity index (χ4v) is 3.82. The Labute approximate surface area is 234 Å². The predicted octanol–water partition coefficient (Wildman–Crippen LogP) is 7.35. The van der Waals surface area contributed by atoms with Crippen LogP contribution in [0.15, 0.2) is 72.8 Å². The van der Waals surface area contributed by atoms with Crippen molar-refractivity contribution in [2.24, 2.45) is 0 Å². The van der Waals surface area contributed by atoms with Gasteiger partial charge in [0.15, 0.2) is 0 Å². The molecule has 6 nitrogen and oxygen atoms in total. The number of rotatable bonds is 18. The van der Waals surface area contributed by atoms with Crippen LogP contribution in [0.4, 0.5) is 0 Å². The van der Waals surface area contributed by atoms with E-state index in [4.69, 9.17) is 18.9 Å². The van der Waals surface area contributed by atoms with Crippen molar-refractivity contribution in [3.63, 3.8) is 0 Å². The van der Waals surface area contributed by atoms with Crippen molar-refractivity contribution in [1.29, 1.82) is 0 Å². The third-order valence-electron chi connectivity index (χ3n) is 6.43. The predicted molar refractivity (Wildman–Crippen MR) is 155 cm³/mol. The molecule has 39 heavy (non-hydrogen) atoms. The van der Waals surface area contributed by atoms with Gasteiger partial charge in [-0.15, -0.1) is 0 Å². The molecule has 0 spiro atoms. The normalized spacial score (nSPS) is 11.0. The third kappa shape index (κ3) is 11.4. The van der Waals surface area contributed by atoms with Gasteiger partial charge in [-0.3, -0.25) is 0 Å². The quantitative estimate of drug-likeness (QED) is 0.113. The van der Waals surface area contributed by atoms with E-state index < -0.39 is 0 Å². The highest BCUT2D eigenvalue weighted by Crippen LogP contribution is 2.33. The molecule has 0 radical (unpaired) electrons. The maximum atomic E-state index is 11.4. The van der Waals surface area contributed by atoms with Crippen molar-refractivity contribution in [2.75, 3.05) is 26.4 Å². The second-order valence-electron chi connectivity index (χ2n) is 10.3. The Kier molecular flexibility index (Phi) is 13.3. The summed E-state index contributed by atoms with van der Waals surface area (Å²) in [4.78, 5) is 22.7. The summed E-state index contributed by atoms with van der Waals surface area (Å²) in [5.74, 6) is 1.03. The first-order valence-electron chi connectivity index (χ1n) is 13.7. The smallest absolute Gasteiger partial charge is 0.333 e. The highest BCUT2D eigenvalue weighted by Gasteiger charge is 2.23. The van der Waals surface area contributed by atoms with Crippen LogP contribution >= 0.6 is 0 Å². The van der Waals surface area contributed by atoms with Gasteiger partial charge in [0.25, 0.3) is 0 Å². The Morgan fingerprint density at radius 1 is 0.590 bits per heavy atom. The van der Waals surface area contributed by atoms with Crippen molar-refractivity contribution < 1.29 is 28.5 Å². The summed E-state index contributed by atoms with van der Waals surface area (Å²) in [5, 5.41) is 0. The van der Waals surface area contributed by atoms with Crippen LogP contribution in [0.5, 0.6) is 11.5 Å². The second-order valence-corrected chi connectivity index (χ2v) is 10.3. The average molecular weight is 537 g/mol. The SMILES string of the molecule is C=C(C)C(=O)OCCCCCOc1ccc(C(C)(C)c2ccc(OCCCCCOC(=O)C(=C)C)cc2)cc1. The van der Waals surface area contributed by atoms with Crippen LogP contribution in [0, 0.1) is 0 Å². The summed E-state index contributed by atoms with van der Waals surface area (Å²) >= 11 is 0. The van der Waals surface area contributed by atoms with Crippen LogP contribution in [0.25, 0.3) is 0 Å². The van der Waals surface area contributed by atoms with Gasteiger partial charge >= 0.3 is 11.9 Å². The zero-order valence-corrected chi connectivity index (χ0v) is 24.1. The van der Waals surface area contributed by atoms with Crippen molar-refractivity contribution >= 4 is 11.9 Å². The monoisotopic (exact) mass is 536 g/mol. The summed E-state index contributed by atoms with van der Waals surface area (Å²) in [6.07, 6.45) is 5.29. The molecule has 0 aliphatic carbocycles. The molecule has 0 aliphatic rings. The van der Waals surface area contributed by atoms with Crippen LogP contribution in [0.2, 0.25) is 0 Å². The number of carbonyl (C=O) groups excluding carboxylic acids is 2. The molecule has 2 aromatic rings. The van der Waals surface area contributed by atoms with Gasteiger partial charge in [-0.25, -0.2) is 9.59 Å². The Morgan fingerprint density at radius 2 is 0.923 bits per heavy atom. The van der Waals surface area contributed by atoms with Gasteiger partial charge in [-0.2, -0.15) is 0 Å². The molecule has 2 aromatic carbocycles. The molecule has 0 saturated carbocycles. The summed E-state index contributed by atoms with van der Waals surface area (Å²) in [6.45, 7) is 16.9. The second kappa shape index (κ2) is 16.4. The van der Waals surface area contributed by atoms with Crippen LogP contribution in [0.3, 0.4) is 0 Å². The number of benzene rings is 2. The first-order chi connectivity index (χ1) is 18.6. The largest absolute Gasteiger partial charge is 0.494 e. The number of ether oxygens (including phenoxy) is 4. The molecular weight excluding hydrogens is 492 g/mol. The van der Waals surface area contributed by atoms with Crippen LogP contribution < -0.4 is 9.47 Å². The molecule has 0 N–H and O–H groups in total. The van der Waals surface area contributed by atoms with Gasteiger partial charge in [0, 0.05) is 16.6 Å². The maximum Gasteiger partial charge on any atom is 0.333 e. The van der Waals surface area contributed by atoms with Gasteiger partial charge in [-0.1, -0.05) is 51.3 Å². The van der Waals surface area contributed by atoms with E-state index in [-0.39, 0.29) is 17.4 Å². The lowest BCUT2D eigenvalue weighted by atomic mass is 9.78. The number of esters is 2. The van der Waals surface area contributed by atoms with Gasteiger partial charge in [0.1, 0.15) is 11.5 Å². The van der Waals surface area contributed by atoms with Crippen LogP contribution in [-0.2, 0) is 24.5 Å². The highest BCUT2D eigenvalue weighted by atomic mass is 16.5. The van der Waals surface area contributed by atoms with E-state index in [0.29, 0.717) is 37.6 Å². The van der Waals surface area contributed by atoms with Crippen LogP contribution in [0.1, 0.15) is 77.3 Å². The van der Waals surface area contributed by atoms with E-state index >= 15 is 0 Å². The minimum atomic E-state index is -0.331. The first kappa shape index (κ1) is 31.7. The zero-order valence-electron chi connectivity index (χ0n) is 24.1. The Bertz CT molecular complexity index is 981. The molecule has 0 saturated heterocycles. The molecule has 2 rings (SSSR count). The molecule has 0 fully saturated rings. The van der Waals surface area contributed by atoms with Crippen LogP contribution in [-0.4, -0.2) is 38.4 Å². The lowest BCUT2D eigenvalue weighted by Crippen LogP contribution is -2.18. The molecule has 6 heteroatoms. The van der Waals surface area contributed by atoms with Gasteiger partial charge in [-0.05, 0) is 87.8 Å². The number of carbonyl (C=O) groups is 2. The van der Waals surface area contributed by atoms with E-state index in [2.05, 4.69) is 51.3 Å². The van der Waals surface area contributed by atoms with E-state index in [1.54, 1.807) is 13.8 Å². The van der Waals surface area contributed by atoms with E-state index in [9.17, 15) is 9.59 Å². The minimum absolute atomic E-state index is 0.167. The third-order valence-corrected chi connectivity index (χ3v) is 6.43. The number of unbranched alkanes of at least 4 members (excludes halogenated alkanes) is 4. The summed E-state index contributed by atoms with van der Waals surface area (Å²) in [5.41, 5.74) is 3.10. The Hall–Kier alpha value is -3.54. The molecule has 0 aliphatic heterocycles. The molecule has 0 unspecified atom stereocenters. The van der Waals surface area contributed by atoms with Crippen molar-refractivity contribution in [3.05, 3.63) is 84.0 Å². The van der Waals surface area contributed by atoms with Gasteiger partial charge < -0.3 is 18.9 Å². The molecule has 0 atom stereocenters. The fourth-order valence-electron chi connectivity index (χ4n) is 3.82. The number of hydrogen-bond acceptors (Lipinski definition) is 6. The maximum absolute atomic E-state index is 11.4. The first-order valence-corrected chi connectivity index (χ1v) is 13.7. The molecule has 0 aromatic heterocycles. The molecule has 0 amide bonds. The Balaban J connectivity index is 1.70. The summed E-state index contributed by atoms with van der Waals surface area (Å²) in [6, 6.07) is 16.5. The molecule has 212 valence electrons. The topological polar surface area (TPSA) is 71.1 Å². The summed E-state index contributed by atoms with van der Waals surface area (Å²) < 4.78 is 22.0. The van der Waals surface area contributed by atoms with E-state index in [1.165, 1.54) is 11.1 Å². The van der Waals surface area contributed by atoms with Crippen molar-refractivity contribution in [1.82, 2.24) is 0 Å². The number of hydrogen-bond donors (Lipinski definition) is 0. The minimum Gasteiger partial charge on any atom is -0.494 e. The molecule has 0 bridgehead atoms. The Morgan fingerprint density at radius 3 is 1.26 bits per heavy atom. The lowest BCUT2D eigenvalue weighted by molar-refractivity contribution is -0.139. The molecule has 0 heterocycles. The molecular formula is C33H44O6. The summed E-state index contributed by atoms with van der Waals surface area (Å²) in [7, 11) is 0. The fraction of sp³-hybridized carbons (Fsp3) is 0.455.